The minimum atomic E-state index is -0.0505. The molecule has 0 N–H and O–H groups in total. The third-order valence-electron chi connectivity index (χ3n) is 10.0. The number of hydrogen-bond acceptors (Lipinski definition) is 3. The van der Waals surface area contributed by atoms with E-state index in [1.807, 2.05) is 17.4 Å². The van der Waals surface area contributed by atoms with E-state index < -0.39 is 0 Å². The summed E-state index contributed by atoms with van der Waals surface area (Å²) in [5.41, 5.74) is 10.6. The van der Waals surface area contributed by atoms with Gasteiger partial charge in [0.05, 0.1) is 5.69 Å². The zero-order valence-electron chi connectivity index (χ0n) is 25.5. The van der Waals surface area contributed by atoms with Crippen molar-refractivity contribution in [3.63, 3.8) is 0 Å². The largest absolute Gasteiger partial charge is 0.455 e. The van der Waals surface area contributed by atoms with E-state index in [4.69, 9.17) is 4.42 Å². The topological polar surface area (TPSA) is 16.4 Å². The Labute approximate surface area is 270 Å². The van der Waals surface area contributed by atoms with Crippen molar-refractivity contribution >= 4 is 81.3 Å². The molecule has 0 saturated heterocycles. The van der Waals surface area contributed by atoms with Crippen LogP contribution in [0.15, 0.2) is 144 Å². The van der Waals surface area contributed by atoms with Gasteiger partial charge in [0.15, 0.2) is 0 Å². The van der Waals surface area contributed by atoms with Crippen molar-refractivity contribution < 1.29 is 4.42 Å². The number of para-hydroxylation sites is 1. The van der Waals surface area contributed by atoms with Crippen LogP contribution in [0.3, 0.4) is 0 Å². The van der Waals surface area contributed by atoms with Crippen LogP contribution in [0.2, 0.25) is 0 Å². The van der Waals surface area contributed by atoms with Gasteiger partial charge in [-0.2, -0.15) is 0 Å². The van der Waals surface area contributed by atoms with Crippen LogP contribution in [-0.2, 0) is 5.41 Å². The molecule has 218 valence electrons. The van der Waals surface area contributed by atoms with E-state index in [-0.39, 0.29) is 5.41 Å². The Morgan fingerprint density at radius 1 is 0.500 bits per heavy atom. The number of fused-ring (bicyclic) bond motifs is 11. The first-order valence-electron chi connectivity index (χ1n) is 15.9. The third kappa shape index (κ3) is 3.52. The molecule has 2 nitrogen and oxygen atoms in total. The molecule has 0 fully saturated rings. The zero-order chi connectivity index (χ0) is 30.6. The highest BCUT2D eigenvalue weighted by atomic mass is 32.1. The van der Waals surface area contributed by atoms with Crippen molar-refractivity contribution in [1.29, 1.82) is 0 Å². The number of nitrogens with zero attached hydrogens (tertiary/aromatic N) is 1. The molecule has 0 aliphatic heterocycles. The normalized spacial score (nSPS) is 13.6. The molecule has 0 spiro atoms. The van der Waals surface area contributed by atoms with Gasteiger partial charge in [0, 0.05) is 58.5 Å². The molecule has 1 aliphatic rings. The highest BCUT2D eigenvalue weighted by Crippen LogP contribution is 2.52. The molecular formula is C43H29NOS. The van der Waals surface area contributed by atoms with Crippen LogP contribution in [0.5, 0.6) is 0 Å². The number of anilines is 3. The predicted octanol–water partition coefficient (Wildman–Crippen LogP) is 12.9. The van der Waals surface area contributed by atoms with Crippen molar-refractivity contribution in [2.45, 2.75) is 19.3 Å². The van der Waals surface area contributed by atoms with E-state index in [2.05, 4.69) is 152 Å². The Morgan fingerprint density at radius 2 is 1.15 bits per heavy atom. The summed E-state index contributed by atoms with van der Waals surface area (Å²) in [7, 11) is 0. The predicted molar refractivity (Wildman–Crippen MR) is 196 cm³/mol. The van der Waals surface area contributed by atoms with Crippen LogP contribution in [0.4, 0.5) is 17.1 Å². The Balaban J connectivity index is 1.30. The van der Waals surface area contributed by atoms with Crippen molar-refractivity contribution in [1.82, 2.24) is 0 Å². The molecule has 0 bridgehead atoms. The second kappa shape index (κ2) is 9.32. The average molecular weight is 608 g/mol. The van der Waals surface area contributed by atoms with Gasteiger partial charge in [0.1, 0.15) is 11.2 Å². The minimum Gasteiger partial charge on any atom is -0.455 e. The summed E-state index contributed by atoms with van der Waals surface area (Å²) in [4.78, 5) is 2.46. The fraction of sp³-hybridized carbons (Fsp3) is 0.0698. The number of thiophene rings is 1. The van der Waals surface area contributed by atoms with Gasteiger partial charge in [-0.25, -0.2) is 0 Å². The van der Waals surface area contributed by atoms with Crippen LogP contribution in [-0.4, -0.2) is 0 Å². The molecular weight excluding hydrogens is 579 g/mol. The lowest BCUT2D eigenvalue weighted by atomic mass is 9.82. The SMILES string of the molecule is CC1(C)c2ccccc2-c2cc(N(c3ccc4sc5ccccc5c4c3)c3cc4c5ccccc5oc4c4ccccc34)ccc21. The van der Waals surface area contributed by atoms with Gasteiger partial charge in [0.25, 0.3) is 0 Å². The lowest BCUT2D eigenvalue weighted by molar-refractivity contribution is 0.660. The van der Waals surface area contributed by atoms with E-state index in [1.165, 1.54) is 42.4 Å². The van der Waals surface area contributed by atoms with Crippen molar-refractivity contribution in [3.8, 4) is 11.1 Å². The Bertz CT molecular complexity index is 2690. The molecule has 0 atom stereocenters. The molecule has 9 aromatic rings. The molecule has 10 rings (SSSR count). The molecule has 0 unspecified atom stereocenters. The van der Waals surface area contributed by atoms with Crippen molar-refractivity contribution in [2.24, 2.45) is 0 Å². The molecule has 2 heterocycles. The molecule has 7 aromatic carbocycles. The summed E-state index contributed by atoms with van der Waals surface area (Å²) in [6.45, 7) is 4.69. The van der Waals surface area contributed by atoms with E-state index in [1.54, 1.807) is 0 Å². The quantitative estimate of drug-likeness (QED) is 0.199. The first kappa shape index (κ1) is 25.9. The first-order chi connectivity index (χ1) is 22.6. The molecule has 1 aliphatic carbocycles. The molecule has 2 aromatic heterocycles. The standard InChI is InChI=1S/C43H29NOS/c1-43(2)36-16-8-5-11-28(36)33-23-26(19-21-37(33)43)44(27-20-22-41-34(24-27)31-14-7-10-18-40(31)46-41)38-25-35-30-13-6-9-17-39(30)45-42(35)32-15-4-3-12-29(32)38/h3-25H,1-2H3. The maximum atomic E-state index is 6.51. The maximum Gasteiger partial charge on any atom is 0.143 e. The number of furan rings is 1. The van der Waals surface area contributed by atoms with Gasteiger partial charge in [-0.05, 0) is 70.8 Å². The van der Waals surface area contributed by atoms with E-state index in [0.717, 1.165) is 49.8 Å². The average Bonchev–Trinajstić information content (AvgIpc) is 3.73. The summed E-state index contributed by atoms with van der Waals surface area (Å²) in [6.07, 6.45) is 0. The summed E-state index contributed by atoms with van der Waals surface area (Å²) < 4.78 is 9.13. The van der Waals surface area contributed by atoms with Crippen LogP contribution in [0.25, 0.3) is 64.0 Å². The van der Waals surface area contributed by atoms with E-state index in [0.29, 0.717) is 0 Å². The second-order valence-corrected chi connectivity index (χ2v) is 14.0. The molecule has 0 amide bonds. The van der Waals surface area contributed by atoms with Gasteiger partial charge in [-0.1, -0.05) is 105 Å². The molecule has 0 saturated carbocycles. The first-order valence-corrected chi connectivity index (χ1v) is 16.7. The summed E-state index contributed by atoms with van der Waals surface area (Å²) in [5.74, 6) is 0. The number of benzene rings is 7. The second-order valence-electron chi connectivity index (χ2n) is 12.9. The summed E-state index contributed by atoms with van der Waals surface area (Å²) >= 11 is 1.86. The smallest absolute Gasteiger partial charge is 0.143 e. The molecule has 46 heavy (non-hydrogen) atoms. The maximum absolute atomic E-state index is 6.51. The summed E-state index contributed by atoms with van der Waals surface area (Å²) in [5, 5.41) is 7.12. The van der Waals surface area contributed by atoms with Crippen LogP contribution >= 0.6 is 11.3 Å². The van der Waals surface area contributed by atoms with Crippen molar-refractivity contribution in [2.75, 3.05) is 4.90 Å². The van der Waals surface area contributed by atoms with Gasteiger partial charge in [0.2, 0.25) is 0 Å². The Morgan fingerprint density at radius 3 is 2.04 bits per heavy atom. The van der Waals surface area contributed by atoms with Crippen LogP contribution in [0, 0.1) is 0 Å². The number of rotatable bonds is 3. The highest BCUT2D eigenvalue weighted by Gasteiger charge is 2.35. The fourth-order valence-corrected chi connectivity index (χ4v) is 8.93. The summed E-state index contributed by atoms with van der Waals surface area (Å²) in [6, 6.07) is 51.1. The molecule has 3 heteroatoms. The fourth-order valence-electron chi connectivity index (χ4n) is 7.84. The highest BCUT2D eigenvalue weighted by molar-refractivity contribution is 7.25. The van der Waals surface area contributed by atoms with E-state index >= 15 is 0 Å². The van der Waals surface area contributed by atoms with Crippen molar-refractivity contribution in [3.05, 3.63) is 151 Å². The lowest BCUT2D eigenvalue weighted by Crippen LogP contribution is -2.15. The van der Waals surface area contributed by atoms with Gasteiger partial charge in [-0.15, -0.1) is 11.3 Å². The monoisotopic (exact) mass is 607 g/mol. The van der Waals surface area contributed by atoms with E-state index in [9.17, 15) is 0 Å². The molecule has 0 radical (unpaired) electrons. The Kier molecular flexibility index (Phi) is 5.25. The third-order valence-corrected chi connectivity index (χ3v) is 11.2. The van der Waals surface area contributed by atoms with Gasteiger partial charge >= 0.3 is 0 Å². The van der Waals surface area contributed by atoms with Gasteiger partial charge < -0.3 is 9.32 Å². The minimum absolute atomic E-state index is 0.0505. The Hall–Kier alpha value is -5.38. The van der Waals surface area contributed by atoms with Gasteiger partial charge in [-0.3, -0.25) is 0 Å². The number of hydrogen-bond donors (Lipinski definition) is 0. The zero-order valence-corrected chi connectivity index (χ0v) is 26.4. The van der Waals surface area contributed by atoms with Crippen LogP contribution in [0.1, 0.15) is 25.0 Å². The lowest BCUT2D eigenvalue weighted by Gasteiger charge is -2.28. The van der Waals surface area contributed by atoms with Crippen LogP contribution < -0.4 is 4.90 Å².